The van der Waals surface area contributed by atoms with Crippen molar-refractivity contribution in [3.63, 3.8) is 0 Å². The summed E-state index contributed by atoms with van der Waals surface area (Å²) >= 11 is 0. The van der Waals surface area contributed by atoms with Gasteiger partial charge in [-0.1, -0.05) is 13.3 Å². The van der Waals surface area contributed by atoms with Gasteiger partial charge in [0.1, 0.15) is 0 Å². The van der Waals surface area contributed by atoms with Gasteiger partial charge in [-0.2, -0.15) is 0 Å². The third kappa shape index (κ3) is 1.90. The van der Waals surface area contributed by atoms with Gasteiger partial charge in [-0.15, -0.1) is 0 Å². The molecule has 2 bridgehead atoms. The summed E-state index contributed by atoms with van der Waals surface area (Å²) in [6.45, 7) is 5.84. The van der Waals surface area contributed by atoms with Crippen LogP contribution in [0.25, 0.3) is 0 Å². The monoisotopic (exact) mass is 181 g/mol. The maximum absolute atomic E-state index is 3.66. The smallest absolute Gasteiger partial charge is 0.00697 e. The highest BCUT2D eigenvalue weighted by molar-refractivity contribution is 4.93. The van der Waals surface area contributed by atoms with E-state index in [9.17, 15) is 0 Å². The fourth-order valence-corrected chi connectivity index (χ4v) is 3.43. The van der Waals surface area contributed by atoms with E-state index in [2.05, 4.69) is 19.2 Å². The molecule has 13 heavy (non-hydrogen) atoms. The van der Waals surface area contributed by atoms with Crippen molar-refractivity contribution in [2.75, 3.05) is 6.54 Å². The largest absolute Gasteiger partial charge is 0.314 e. The standard InChI is InChI=1S/C12H23N/c1-3-6-13-9(2)12-8-10-4-5-11(12)7-10/h9-13H,3-8H2,1-2H3. The molecule has 0 aromatic rings. The molecule has 2 fully saturated rings. The Morgan fingerprint density at radius 3 is 2.69 bits per heavy atom. The molecule has 0 aromatic carbocycles. The summed E-state index contributed by atoms with van der Waals surface area (Å²) in [5, 5.41) is 3.66. The molecule has 0 saturated heterocycles. The van der Waals surface area contributed by atoms with Crippen molar-refractivity contribution in [2.24, 2.45) is 17.8 Å². The quantitative estimate of drug-likeness (QED) is 0.703. The summed E-state index contributed by atoms with van der Waals surface area (Å²) in [4.78, 5) is 0. The topological polar surface area (TPSA) is 12.0 Å². The van der Waals surface area contributed by atoms with E-state index in [0.717, 1.165) is 23.8 Å². The van der Waals surface area contributed by atoms with E-state index >= 15 is 0 Å². The second-order valence-corrected chi connectivity index (χ2v) is 5.08. The van der Waals surface area contributed by atoms with Gasteiger partial charge in [0, 0.05) is 6.04 Å². The Labute approximate surface area is 82.3 Å². The molecule has 4 unspecified atom stereocenters. The minimum Gasteiger partial charge on any atom is -0.314 e. The molecule has 0 radical (unpaired) electrons. The molecule has 4 atom stereocenters. The van der Waals surface area contributed by atoms with Crippen molar-refractivity contribution < 1.29 is 0 Å². The summed E-state index contributed by atoms with van der Waals surface area (Å²) in [7, 11) is 0. The van der Waals surface area contributed by atoms with Crippen LogP contribution in [0.2, 0.25) is 0 Å². The van der Waals surface area contributed by atoms with Crippen LogP contribution in [0.5, 0.6) is 0 Å². The summed E-state index contributed by atoms with van der Waals surface area (Å²) in [5.41, 5.74) is 0. The van der Waals surface area contributed by atoms with Gasteiger partial charge < -0.3 is 5.32 Å². The summed E-state index contributed by atoms with van der Waals surface area (Å²) in [6.07, 6.45) is 7.38. The van der Waals surface area contributed by atoms with Gasteiger partial charge in [0.2, 0.25) is 0 Å². The second-order valence-electron chi connectivity index (χ2n) is 5.08. The van der Waals surface area contributed by atoms with Crippen molar-refractivity contribution in [3.05, 3.63) is 0 Å². The SMILES string of the molecule is CCCNC(C)C1CC2CCC1C2. The zero-order valence-electron chi connectivity index (χ0n) is 9.05. The van der Waals surface area contributed by atoms with Crippen molar-refractivity contribution in [1.82, 2.24) is 5.32 Å². The van der Waals surface area contributed by atoms with E-state index in [0.29, 0.717) is 0 Å². The van der Waals surface area contributed by atoms with Crippen molar-refractivity contribution in [2.45, 2.75) is 52.0 Å². The number of hydrogen-bond acceptors (Lipinski definition) is 1. The predicted molar refractivity (Wildman–Crippen MR) is 56.7 cm³/mol. The minimum absolute atomic E-state index is 0.773. The first-order valence-corrected chi connectivity index (χ1v) is 6.04. The number of rotatable bonds is 4. The Hall–Kier alpha value is -0.0400. The van der Waals surface area contributed by atoms with Gasteiger partial charge in [0.25, 0.3) is 0 Å². The Bertz CT molecular complexity index is 167. The molecule has 2 saturated carbocycles. The van der Waals surface area contributed by atoms with Crippen LogP contribution < -0.4 is 5.32 Å². The van der Waals surface area contributed by atoms with Crippen LogP contribution in [0, 0.1) is 17.8 Å². The number of fused-ring (bicyclic) bond motifs is 2. The fraction of sp³-hybridized carbons (Fsp3) is 1.00. The van der Waals surface area contributed by atoms with Crippen LogP contribution in [0.15, 0.2) is 0 Å². The first-order chi connectivity index (χ1) is 6.31. The summed E-state index contributed by atoms with van der Waals surface area (Å²) in [6, 6.07) is 0.773. The van der Waals surface area contributed by atoms with E-state index in [1.807, 2.05) is 0 Å². The molecule has 0 aliphatic heterocycles. The van der Waals surface area contributed by atoms with Crippen LogP contribution in [0.4, 0.5) is 0 Å². The van der Waals surface area contributed by atoms with E-state index in [-0.39, 0.29) is 0 Å². The second kappa shape index (κ2) is 4.00. The maximum Gasteiger partial charge on any atom is 0.00697 e. The van der Waals surface area contributed by atoms with E-state index < -0.39 is 0 Å². The lowest BCUT2D eigenvalue weighted by atomic mass is 9.84. The summed E-state index contributed by atoms with van der Waals surface area (Å²) < 4.78 is 0. The summed E-state index contributed by atoms with van der Waals surface area (Å²) in [5.74, 6) is 3.18. The zero-order valence-corrected chi connectivity index (χ0v) is 9.05. The maximum atomic E-state index is 3.66. The molecule has 1 N–H and O–H groups in total. The van der Waals surface area contributed by atoms with Crippen LogP contribution >= 0.6 is 0 Å². The molecule has 0 aromatic heterocycles. The third-order valence-corrected chi connectivity index (χ3v) is 4.15. The third-order valence-electron chi connectivity index (χ3n) is 4.15. The molecular weight excluding hydrogens is 158 g/mol. The van der Waals surface area contributed by atoms with E-state index in [1.165, 1.54) is 32.2 Å². The molecule has 2 aliphatic carbocycles. The number of nitrogens with one attached hydrogen (secondary N) is 1. The van der Waals surface area contributed by atoms with Gasteiger partial charge in [-0.3, -0.25) is 0 Å². The lowest BCUT2D eigenvalue weighted by molar-refractivity contribution is 0.261. The van der Waals surface area contributed by atoms with E-state index in [4.69, 9.17) is 0 Å². The first kappa shape index (κ1) is 9.51. The Morgan fingerprint density at radius 2 is 2.15 bits per heavy atom. The molecule has 2 rings (SSSR count). The lowest BCUT2D eigenvalue weighted by Gasteiger charge is -2.28. The van der Waals surface area contributed by atoms with Crippen molar-refractivity contribution in [3.8, 4) is 0 Å². The van der Waals surface area contributed by atoms with Crippen LogP contribution in [0.3, 0.4) is 0 Å². The molecule has 0 heterocycles. The molecule has 2 aliphatic rings. The molecule has 1 nitrogen and oxygen atoms in total. The van der Waals surface area contributed by atoms with Crippen LogP contribution in [0.1, 0.15) is 46.0 Å². The molecular formula is C12H23N. The average molecular weight is 181 g/mol. The minimum atomic E-state index is 0.773. The molecule has 1 heteroatoms. The van der Waals surface area contributed by atoms with Gasteiger partial charge in [-0.05, 0) is 56.9 Å². The Morgan fingerprint density at radius 1 is 1.31 bits per heavy atom. The molecule has 76 valence electrons. The predicted octanol–water partition coefficient (Wildman–Crippen LogP) is 2.81. The van der Waals surface area contributed by atoms with Crippen molar-refractivity contribution >= 4 is 0 Å². The first-order valence-electron chi connectivity index (χ1n) is 6.04. The highest BCUT2D eigenvalue weighted by atomic mass is 14.9. The van der Waals surface area contributed by atoms with E-state index in [1.54, 1.807) is 6.42 Å². The van der Waals surface area contributed by atoms with Crippen molar-refractivity contribution in [1.29, 1.82) is 0 Å². The van der Waals surface area contributed by atoms with Crippen LogP contribution in [-0.2, 0) is 0 Å². The highest BCUT2D eigenvalue weighted by Crippen LogP contribution is 2.49. The van der Waals surface area contributed by atoms with Crippen LogP contribution in [-0.4, -0.2) is 12.6 Å². The number of hydrogen-bond donors (Lipinski definition) is 1. The normalized spacial score (nSPS) is 39.7. The van der Waals surface area contributed by atoms with Gasteiger partial charge in [0.15, 0.2) is 0 Å². The Kier molecular flexibility index (Phi) is 2.92. The zero-order chi connectivity index (χ0) is 9.26. The Balaban J connectivity index is 1.80. The van der Waals surface area contributed by atoms with Gasteiger partial charge >= 0.3 is 0 Å². The molecule has 0 amide bonds. The van der Waals surface area contributed by atoms with Gasteiger partial charge in [0.05, 0.1) is 0 Å². The lowest BCUT2D eigenvalue weighted by Crippen LogP contribution is -2.36. The average Bonchev–Trinajstić information content (AvgIpc) is 2.74. The highest BCUT2D eigenvalue weighted by Gasteiger charge is 2.41. The van der Waals surface area contributed by atoms with Gasteiger partial charge in [-0.25, -0.2) is 0 Å². The fourth-order valence-electron chi connectivity index (χ4n) is 3.43. The molecule has 0 spiro atoms.